The summed E-state index contributed by atoms with van der Waals surface area (Å²) >= 11 is 0. The van der Waals surface area contributed by atoms with Crippen molar-refractivity contribution in [1.29, 1.82) is 0 Å². The minimum absolute atomic E-state index is 0.0391. The van der Waals surface area contributed by atoms with Crippen LogP contribution in [-0.2, 0) is 14.6 Å². The van der Waals surface area contributed by atoms with Gasteiger partial charge in [0.15, 0.2) is 9.84 Å². The molecule has 7 heteroatoms. The molecule has 0 fully saturated rings. The van der Waals surface area contributed by atoms with Gasteiger partial charge in [-0.3, -0.25) is 4.79 Å². The van der Waals surface area contributed by atoms with E-state index in [0.29, 0.717) is 31.7 Å². The molecule has 0 radical (unpaired) electrons. The summed E-state index contributed by atoms with van der Waals surface area (Å²) in [5.41, 5.74) is 5.80. The fourth-order valence-electron chi connectivity index (χ4n) is 2.07. The SMILES string of the molecule is CCC(N)(CC)CNC(=O)CCCOc1ccc(S(C)(=O)=O)cc1. The van der Waals surface area contributed by atoms with Crippen LogP contribution >= 0.6 is 0 Å². The number of carbonyl (C=O) groups excluding carboxylic acids is 1. The van der Waals surface area contributed by atoms with Gasteiger partial charge in [-0.25, -0.2) is 8.42 Å². The number of hydrogen-bond donors (Lipinski definition) is 2. The minimum atomic E-state index is -3.20. The number of rotatable bonds is 10. The molecule has 0 saturated heterocycles. The number of ether oxygens (including phenoxy) is 1. The highest BCUT2D eigenvalue weighted by Gasteiger charge is 2.20. The summed E-state index contributed by atoms with van der Waals surface area (Å²) in [6.07, 6.45) is 3.74. The highest BCUT2D eigenvalue weighted by Crippen LogP contribution is 2.16. The molecule has 1 aromatic rings. The van der Waals surface area contributed by atoms with Crippen molar-refractivity contribution in [1.82, 2.24) is 5.32 Å². The molecule has 0 atom stereocenters. The van der Waals surface area contributed by atoms with Crippen LogP contribution in [0, 0.1) is 0 Å². The number of sulfone groups is 1. The Labute approximate surface area is 144 Å². The maximum Gasteiger partial charge on any atom is 0.220 e. The van der Waals surface area contributed by atoms with Gasteiger partial charge in [0.05, 0.1) is 11.5 Å². The molecule has 24 heavy (non-hydrogen) atoms. The Balaban J connectivity index is 2.30. The predicted octanol–water partition coefficient (Wildman–Crippen LogP) is 1.88. The number of nitrogens with one attached hydrogen (secondary N) is 1. The molecule has 0 bridgehead atoms. The van der Waals surface area contributed by atoms with Crippen molar-refractivity contribution in [2.24, 2.45) is 5.73 Å². The fourth-order valence-corrected chi connectivity index (χ4v) is 2.70. The van der Waals surface area contributed by atoms with Crippen molar-refractivity contribution in [3.8, 4) is 5.75 Å². The number of amides is 1. The molecule has 6 nitrogen and oxygen atoms in total. The molecule has 3 N–H and O–H groups in total. The molecular weight excluding hydrogens is 328 g/mol. The zero-order chi connectivity index (χ0) is 18.2. The Morgan fingerprint density at radius 1 is 1.21 bits per heavy atom. The van der Waals surface area contributed by atoms with Gasteiger partial charge in [-0.2, -0.15) is 0 Å². The van der Waals surface area contributed by atoms with Gasteiger partial charge in [0.2, 0.25) is 5.91 Å². The van der Waals surface area contributed by atoms with E-state index in [1.54, 1.807) is 12.1 Å². The van der Waals surface area contributed by atoms with Gasteiger partial charge in [0.1, 0.15) is 5.75 Å². The van der Waals surface area contributed by atoms with E-state index in [1.165, 1.54) is 12.1 Å². The minimum Gasteiger partial charge on any atom is -0.494 e. The van der Waals surface area contributed by atoms with Gasteiger partial charge < -0.3 is 15.8 Å². The Morgan fingerprint density at radius 2 is 1.79 bits per heavy atom. The van der Waals surface area contributed by atoms with Gasteiger partial charge in [-0.1, -0.05) is 13.8 Å². The first-order valence-corrected chi connectivity index (χ1v) is 10.1. The average Bonchev–Trinajstić information content (AvgIpc) is 2.56. The van der Waals surface area contributed by atoms with Crippen molar-refractivity contribution in [3.63, 3.8) is 0 Å². The van der Waals surface area contributed by atoms with Gasteiger partial charge in [0, 0.05) is 24.8 Å². The van der Waals surface area contributed by atoms with Crippen molar-refractivity contribution < 1.29 is 17.9 Å². The van der Waals surface area contributed by atoms with Gasteiger partial charge in [0.25, 0.3) is 0 Å². The van der Waals surface area contributed by atoms with Crippen LogP contribution in [0.2, 0.25) is 0 Å². The zero-order valence-corrected chi connectivity index (χ0v) is 15.5. The molecule has 0 heterocycles. The monoisotopic (exact) mass is 356 g/mol. The molecule has 0 unspecified atom stereocenters. The molecule has 1 rings (SSSR count). The normalized spacial score (nSPS) is 12.0. The van der Waals surface area contributed by atoms with Crippen LogP contribution in [0.15, 0.2) is 29.2 Å². The first-order valence-electron chi connectivity index (χ1n) is 8.18. The predicted molar refractivity (Wildman–Crippen MR) is 94.8 cm³/mol. The third kappa shape index (κ3) is 6.88. The molecule has 1 aromatic carbocycles. The fraction of sp³-hybridized carbons (Fsp3) is 0.588. The molecule has 0 spiro atoms. The lowest BCUT2D eigenvalue weighted by Gasteiger charge is -2.26. The summed E-state index contributed by atoms with van der Waals surface area (Å²) in [6.45, 7) is 4.89. The van der Waals surface area contributed by atoms with E-state index < -0.39 is 9.84 Å². The summed E-state index contributed by atoms with van der Waals surface area (Å²) < 4.78 is 28.2. The lowest BCUT2D eigenvalue weighted by atomic mass is 9.94. The average molecular weight is 356 g/mol. The second kappa shape index (κ2) is 9.03. The van der Waals surface area contributed by atoms with Crippen molar-refractivity contribution in [2.75, 3.05) is 19.4 Å². The first kappa shape index (κ1) is 20.4. The van der Waals surface area contributed by atoms with E-state index in [1.807, 2.05) is 13.8 Å². The number of nitrogens with two attached hydrogens (primary N) is 1. The van der Waals surface area contributed by atoms with E-state index >= 15 is 0 Å². The summed E-state index contributed by atoms with van der Waals surface area (Å²) in [5, 5.41) is 2.86. The Bertz CT molecular complexity index is 622. The second-order valence-corrected chi connectivity index (χ2v) is 8.06. The van der Waals surface area contributed by atoms with Crippen LogP contribution in [0.4, 0.5) is 0 Å². The molecular formula is C17H28N2O4S. The molecule has 0 aliphatic carbocycles. The Hall–Kier alpha value is -1.60. The van der Waals surface area contributed by atoms with Crippen LogP contribution in [0.1, 0.15) is 39.5 Å². The summed E-state index contributed by atoms with van der Waals surface area (Å²) in [7, 11) is -3.20. The van der Waals surface area contributed by atoms with Crippen LogP contribution in [-0.4, -0.2) is 39.3 Å². The summed E-state index contributed by atoms with van der Waals surface area (Å²) in [4.78, 5) is 12.1. The van der Waals surface area contributed by atoms with E-state index in [-0.39, 0.29) is 16.3 Å². The van der Waals surface area contributed by atoms with Gasteiger partial charge in [-0.15, -0.1) is 0 Å². The van der Waals surface area contributed by atoms with Crippen LogP contribution in [0.25, 0.3) is 0 Å². The highest BCUT2D eigenvalue weighted by molar-refractivity contribution is 7.90. The maximum absolute atomic E-state index is 11.8. The first-order chi connectivity index (χ1) is 11.2. The van der Waals surface area contributed by atoms with E-state index in [9.17, 15) is 13.2 Å². The van der Waals surface area contributed by atoms with E-state index in [2.05, 4.69) is 5.32 Å². The quantitative estimate of drug-likeness (QED) is 0.624. The van der Waals surface area contributed by atoms with Crippen LogP contribution < -0.4 is 15.8 Å². The molecule has 1 amide bonds. The molecule has 0 aliphatic rings. The smallest absolute Gasteiger partial charge is 0.220 e. The molecule has 0 aromatic heterocycles. The Morgan fingerprint density at radius 3 is 2.29 bits per heavy atom. The Kier molecular flexibility index (Phi) is 7.69. The zero-order valence-electron chi connectivity index (χ0n) is 14.7. The molecule has 136 valence electrons. The highest BCUT2D eigenvalue weighted by atomic mass is 32.2. The maximum atomic E-state index is 11.8. The molecule has 0 saturated carbocycles. The number of carbonyl (C=O) groups is 1. The number of hydrogen-bond acceptors (Lipinski definition) is 5. The third-order valence-electron chi connectivity index (χ3n) is 4.11. The standard InChI is InChI=1S/C17H28N2O4S/c1-4-17(18,5-2)13-19-16(20)7-6-12-23-14-8-10-15(11-9-14)24(3,21)22/h8-11H,4-7,12-13,18H2,1-3H3,(H,19,20). The van der Waals surface area contributed by atoms with E-state index in [4.69, 9.17) is 10.5 Å². The van der Waals surface area contributed by atoms with Crippen molar-refractivity contribution in [3.05, 3.63) is 24.3 Å². The third-order valence-corrected chi connectivity index (χ3v) is 5.24. The summed E-state index contributed by atoms with van der Waals surface area (Å²) in [5.74, 6) is 0.545. The number of benzene rings is 1. The topological polar surface area (TPSA) is 98.5 Å². The van der Waals surface area contributed by atoms with Crippen molar-refractivity contribution in [2.45, 2.75) is 50.0 Å². The molecule has 0 aliphatic heterocycles. The largest absolute Gasteiger partial charge is 0.494 e. The summed E-state index contributed by atoms with van der Waals surface area (Å²) in [6, 6.07) is 6.24. The second-order valence-electron chi connectivity index (χ2n) is 6.04. The lowest BCUT2D eigenvalue weighted by Crippen LogP contribution is -2.49. The van der Waals surface area contributed by atoms with Crippen LogP contribution in [0.5, 0.6) is 5.75 Å². The van der Waals surface area contributed by atoms with E-state index in [0.717, 1.165) is 19.1 Å². The lowest BCUT2D eigenvalue weighted by molar-refractivity contribution is -0.121. The van der Waals surface area contributed by atoms with Gasteiger partial charge in [-0.05, 0) is 43.5 Å². The van der Waals surface area contributed by atoms with Gasteiger partial charge >= 0.3 is 0 Å². The van der Waals surface area contributed by atoms with Crippen molar-refractivity contribution >= 4 is 15.7 Å². The van der Waals surface area contributed by atoms with Crippen LogP contribution in [0.3, 0.4) is 0 Å².